The van der Waals surface area contributed by atoms with Crippen LogP contribution in [-0.4, -0.2) is 48.2 Å². The molecule has 0 unspecified atom stereocenters. The van der Waals surface area contributed by atoms with Crippen LogP contribution in [0, 0.1) is 0 Å². The maximum absolute atomic E-state index is 12.5. The molecule has 1 fully saturated rings. The zero-order chi connectivity index (χ0) is 19.5. The van der Waals surface area contributed by atoms with Crippen LogP contribution in [0.5, 0.6) is 0 Å². The number of morpholine rings is 1. The lowest BCUT2D eigenvalue weighted by molar-refractivity contribution is 0.0950. The Bertz CT molecular complexity index is 1100. The standard InChI is InChI=1S/C19H19N5O3S/c1-23-19(26)15-5-3-2-4-14(15)17(22-23)18(25)21-20-12-13-6-7-16(28-13)24-8-10-27-11-9-24/h2-7,12H,8-11H2,1H3,(H,21,25)/b20-12-. The lowest BCUT2D eigenvalue weighted by Gasteiger charge is -2.27. The number of aryl methyl sites for hydroxylation is 1. The number of thiophene rings is 1. The van der Waals surface area contributed by atoms with Gasteiger partial charge in [0.25, 0.3) is 11.5 Å². The molecule has 1 N–H and O–H groups in total. The van der Waals surface area contributed by atoms with Gasteiger partial charge in [0.05, 0.1) is 29.8 Å². The number of hydrazone groups is 1. The van der Waals surface area contributed by atoms with Crippen LogP contribution < -0.4 is 15.9 Å². The molecule has 1 aliphatic rings. The fourth-order valence-corrected chi connectivity index (χ4v) is 3.97. The lowest BCUT2D eigenvalue weighted by Crippen LogP contribution is -2.35. The second kappa shape index (κ2) is 7.91. The molecule has 1 saturated heterocycles. The molecule has 0 bridgehead atoms. The predicted molar refractivity (Wildman–Crippen MR) is 109 cm³/mol. The van der Waals surface area contributed by atoms with Crippen molar-refractivity contribution >= 4 is 39.2 Å². The Morgan fingerprint density at radius 2 is 1.96 bits per heavy atom. The van der Waals surface area contributed by atoms with E-state index in [1.165, 1.54) is 7.05 Å². The summed E-state index contributed by atoms with van der Waals surface area (Å²) in [5, 5.41) is 10.2. The van der Waals surface area contributed by atoms with Gasteiger partial charge in [0, 0.05) is 30.4 Å². The normalized spacial score (nSPS) is 14.7. The third-order valence-corrected chi connectivity index (χ3v) is 5.55. The highest BCUT2D eigenvalue weighted by Crippen LogP contribution is 2.25. The average molecular weight is 397 g/mol. The summed E-state index contributed by atoms with van der Waals surface area (Å²) in [6.07, 6.45) is 1.61. The van der Waals surface area contributed by atoms with Crippen LogP contribution in [0.4, 0.5) is 5.00 Å². The summed E-state index contributed by atoms with van der Waals surface area (Å²) in [6.45, 7) is 3.22. The van der Waals surface area contributed by atoms with E-state index >= 15 is 0 Å². The molecular weight excluding hydrogens is 378 g/mol. The summed E-state index contributed by atoms with van der Waals surface area (Å²) in [4.78, 5) is 27.9. The quantitative estimate of drug-likeness (QED) is 0.534. The zero-order valence-corrected chi connectivity index (χ0v) is 16.1. The molecule has 3 aromatic rings. The molecular formula is C19H19N5O3S. The Hall–Kier alpha value is -3.04. The first-order chi connectivity index (χ1) is 13.6. The second-order valence-electron chi connectivity index (χ2n) is 6.30. The van der Waals surface area contributed by atoms with E-state index in [0.717, 1.165) is 40.9 Å². The number of amides is 1. The SMILES string of the molecule is Cn1nc(C(=O)N/N=C\c2ccc(N3CCOCC3)s2)c2ccccc2c1=O. The molecule has 0 radical (unpaired) electrons. The van der Waals surface area contributed by atoms with Crippen LogP contribution in [0.3, 0.4) is 0 Å². The number of nitrogens with one attached hydrogen (secondary N) is 1. The monoisotopic (exact) mass is 397 g/mol. The van der Waals surface area contributed by atoms with Crippen molar-refractivity contribution in [1.29, 1.82) is 0 Å². The number of carbonyl (C=O) groups excluding carboxylic acids is 1. The summed E-state index contributed by atoms with van der Waals surface area (Å²) >= 11 is 1.60. The van der Waals surface area contributed by atoms with Crippen LogP contribution >= 0.6 is 11.3 Å². The topological polar surface area (TPSA) is 88.8 Å². The van der Waals surface area contributed by atoms with Gasteiger partial charge in [-0.3, -0.25) is 9.59 Å². The zero-order valence-electron chi connectivity index (χ0n) is 15.3. The number of ether oxygens (including phenoxy) is 1. The Morgan fingerprint density at radius 1 is 1.21 bits per heavy atom. The van der Waals surface area contributed by atoms with Crippen LogP contribution in [0.15, 0.2) is 46.3 Å². The van der Waals surface area contributed by atoms with E-state index in [-0.39, 0.29) is 11.3 Å². The molecule has 9 heteroatoms. The molecule has 1 amide bonds. The molecule has 1 aromatic carbocycles. The van der Waals surface area contributed by atoms with Gasteiger partial charge in [-0.2, -0.15) is 10.2 Å². The highest BCUT2D eigenvalue weighted by Gasteiger charge is 2.15. The van der Waals surface area contributed by atoms with Crippen molar-refractivity contribution < 1.29 is 9.53 Å². The van der Waals surface area contributed by atoms with Crippen molar-refractivity contribution in [2.45, 2.75) is 0 Å². The molecule has 0 atom stereocenters. The number of carbonyl (C=O) groups is 1. The molecule has 144 valence electrons. The number of anilines is 1. The van der Waals surface area contributed by atoms with Gasteiger partial charge in [0.15, 0.2) is 5.69 Å². The number of hydrogen-bond acceptors (Lipinski definition) is 7. The van der Waals surface area contributed by atoms with Crippen molar-refractivity contribution in [3.63, 3.8) is 0 Å². The van der Waals surface area contributed by atoms with Gasteiger partial charge in [-0.15, -0.1) is 11.3 Å². The first-order valence-corrected chi connectivity index (χ1v) is 9.67. The molecule has 0 spiro atoms. The van der Waals surface area contributed by atoms with Gasteiger partial charge in [-0.1, -0.05) is 18.2 Å². The molecule has 28 heavy (non-hydrogen) atoms. The number of rotatable bonds is 4. The molecule has 1 aliphatic heterocycles. The second-order valence-corrected chi connectivity index (χ2v) is 7.39. The summed E-state index contributed by atoms with van der Waals surface area (Å²) < 4.78 is 6.53. The molecule has 4 rings (SSSR count). The first-order valence-electron chi connectivity index (χ1n) is 8.85. The highest BCUT2D eigenvalue weighted by atomic mass is 32.1. The highest BCUT2D eigenvalue weighted by molar-refractivity contribution is 7.17. The molecule has 2 aromatic heterocycles. The van der Waals surface area contributed by atoms with E-state index in [1.807, 2.05) is 12.1 Å². The van der Waals surface area contributed by atoms with Crippen LogP contribution in [0.2, 0.25) is 0 Å². The summed E-state index contributed by atoms with van der Waals surface area (Å²) in [5.41, 5.74) is 2.42. The number of benzene rings is 1. The van der Waals surface area contributed by atoms with Crippen molar-refractivity contribution in [3.8, 4) is 0 Å². The van der Waals surface area contributed by atoms with Crippen LogP contribution in [0.1, 0.15) is 15.4 Å². The van der Waals surface area contributed by atoms with Crippen molar-refractivity contribution in [2.75, 3.05) is 31.2 Å². The van der Waals surface area contributed by atoms with E-state index in [9.17, 15) is 9.59 Å². The number of aromatic nitrogens is 2. The fourth-order valence-electron chi connectivity index (χ4n) is 3.04. The number of fused-ring (bicyclic) bond motifs is 1. The maximum Gasteiger partial charge on any atom is 0.292 e. The van der Waals surface area contributed by atoms with E-state index in [4.69, 9.17) is 4.74 Å². The van der Waals surface area contributed by atoms with Gasteiger partial charge in [0.1, 0.15) is 0 Å². The van der Waals surface area contributed by atoms with E-state index in [1.54, 1.807) is 41.8 Å². The fraction of sp³-hybridized carbons (Fsp3) is 0.263. The summed E-state index contributed by atoms with van der Waals surface area (Å²) in [7, 11) is 1.52. The molecule has 8 nitrogen and oxygen atoms in total. The Kier molecular flexibility index (Phi) is 5.18. The Labute approximate surface area is 165 Å². The summed E-state index contributed by atoms with van der Waals surface area (Å²) in [6, 6.07) is 10.9. The minimum absolute atomic E-state index is 0.162. The maximum atomic E-state index is 12.5. The molecule has 0 aliphatic carbocycles. The van der Waals surface area contributed by atoms with Gasteiger partial charge in [-0.25, -0.2) is 10.1 Å². The largest absolute Gasteiger partial charge is 0.378 e. The van der Waals surface area contributed by atoms with Gasteiger partial charge in [-0.05, 0) is 18.2 Å². The summed E-state index contributed by atoms with van der Waals surface area (Å²) in [5.74, 6) is -0.465. The predicted octanol–water partition coefficient (Wildman–Crippen LogP) is 1.60. The van der Waals surface area contributed by atoms with Crippen LogP contribution in [-0.2, 0) is 11.8 Å². The minimum Gasteiger partial charge on any atom is -0.378 e. The smallest absolute Gasteiger partial charge is 0.292 e. The van der Waals surface area contributed by atoms with Crippen molar-refractivity contribution in [2.24, 2.45) is 12.1 Å². The van der Waals surface area contributed by atoms with E-state index < -0.39 is 5.91 Å². The van der Waals surface area contributed by atoms with E-state index in [2.05, 4.69) is 20.5 Å². The lowest BCUT2D eigenvalue weighted by atomic mass is 10.1. The Balaban J connectivity index is 1.49. The Morgan fingerprint density at radius 3 is 2.75 bits per heavy atom. The van der Waals surface area contributed by atoms with Crippen molar-refractivity contribution in [3.05, 3.63) is 57.3 Å². The van der Waals surface area contributed by atoms with E-state index in [0.29, 0.717) is 10.8 Å². The van der Waals surface area contributed by atoms with Crippen LogP contribution in [0.25, 0.3) is 10.8 Å². The first kappa shape index (κ1) is 18.3. The number of hydrogen-bond donors (Lipinski definition) is 1. The number of nitrogens with zero attached hydrogens (tertiary/aromatic N) is 4. The third-order valence-electron chi connectivity index (χ3n) is 4.46. The van der Waals surface area contributed by atoms with Gasteiger partial charge < -0.3 is 9.64 Å². The van der Waals surface area contributed by atoms with Gasteiger partial charge in [0.2, 0.25) is 0 Å². The molecule has 0 saturated carbocycles. The minimum atomic E-state index is -0.465. The van der Waals surface area contributed by atoms with Gasteiger partial charge >= 0.3 is 0 Å². The average Bonchev–Trinajstić information content (AvgIpc) is 3.20. The van der Waals surface area contributed by atoms with Crippen molar-refractivity contribution in [1.82, 2.24) is 15.2 Å². The molecule has 3 heterocycles. The third kappa shape index (κ3) is 3.67.